The average molecular weight is 398 g/mol. The van der Waals surface area contributed by atoms with E-state index in [-0.39, 0.29) is 24.6 Å². The van der Waals surface area contributed by atoms with E-state index in [2.05, 4.69) is 30.9 Å². The van der Waals surface area contributed by atoms with E-state index in [9.17, 15) is 14.0 Å². The van der Waals surface area contributed by atoms with Crippen LogP contribution in [0.25, 0.3) is 11.0 Å². The number of rotatable bonds is 10. The maximum Gasteiger partial charge on any atom is 0.229 e. The predicted octanol–water partition coefficient (Wildman–Crippen LogP) is 1.05. The van der Waals surface area contributed by atoms with Gasteiger partial charge >= 0.3 is 0 Å². The quantitative estimate of drug-likeness (QED) is 0.301. The van der Waals surface area contributed by atoms with Crippen LogP contribution in [0.15, 0.2) is 42.6 Å². The second-order valence-electron chi connectivity index (χ2n) is 6.44. The molecule has 3 rings (SSSR count). The summed E-state index contributed by atoms with van der Waals surface area (Å²) >= 11 is 0. The molecule has 0 aliphatic rings. The zero-order valence-corrected chi connectivity index (χ0v) is 15.9. The van der Waals surface area contributed by atoms with Crippen LogP contribution in [0, 0.1) is 5.82 Å². The van der Waals surface area contributed by atoms with Gasteiger partial charge in [-0.15, -0.1) is 0 Å². The third-order valence-corrected chi connectivity index (χ3v) is 4.21. The minimum absolute atomic E-state index is 0.0534. The summed E-state index contributed by atoms with van der Waals surface area (Å²) < 4.78 is 13.4. The molecule has 2 amide bonds. The summed E-state index contributed by atoms with van der Waals surface area (Å²) in [4.78, 5) is 35.1. The van der Waals surface area contributed by atoms with Crippen LogP contribution in [0.4, 0.5) is 4.39 Å². The Labute approximate surface area is 167 Å². The highest BCUT2D eigenvalue weighted by molar-refractivity contribution is 5.96. The normalized spacial score (nSPS) is 10.8. The number of carbonyl (C=O) groups excluding carboxylic acids is 2. The Morgan fingerprint density at radius 2 is 1.83 bits per heavy atom. The molecule has 0 saturated heterocycles. The molecule has 0 bridgehead atoms. The van der Waals surface area contributed by atoms with E-state index in [0.29, 0.717) is 19.6 Å². The molecule has 29 heavy (non-hydrogen) atoms. The van der Waals surface area contributed by atoms with Crippen molar-refractivity contribution in [2.45, 2.75) is 19.4 Å². The van der Waals surface area contributed by atoms with Crippen LogP contribution in [0.2, 0.25) is 0 Å². The monoisotopic (exact) mass is 398 g/mol. The van der Waals surface area contributed by atoms with E-state index in [1.54, 1.807) is 0 Å². The molecule has 0 aliphatic heterocycles. The van der Waals surface area contributed by atoms with E-state index in [1.165, 1.54) is 18.3 Å². The Bertz CT molecular complexity index is 941. The summed E-state index contributed by atoms with van der Waals surface area (Å²) in [5.74, 6) is -0.455. The Balaban J connectivity index is 1.26. The molecule has 9 heteroatoms. The highest BCUT2D eigenvalue weighted by Crippen LogP contribution is 2.10. The fraction of sp³-hybridized carbons (Fsp3) is 0.300. The molecule has 0 saturated carbocycles. The number of aromatic amines is 1. The smallest absolute Gasteiger partial charge is 0.229 e. The van der Waals surface area contributed by atoms with Crippen molar-refractivity contribution in [3.05, 3.63) is 59.9 Å². The first-order valence-corrected chi connectivity index (χ1v) is 9.39. The number of nitrogens with zero attached hydrogens (tertiary/aromatic N) is 2. The van der Waals surface area contributed by atoms with Gasteiger partial charge in [0.1, 0.15) is 18.1 Å². The molecule has 4 N–H and O–H groups in total. The standard InChI is InChI=1S/C20H23FN6O2/c21-14-4-3-8-23-17(14)13-25-20(29)12-19(28)24-11-10-22-9-7-18-26-15-5-1-2-6-16(15)27-18/h1-6,8,22H,7,9-13H2,(H,24,28)(H,25,29)(H,26,27). The Hall–Kier alpha value is -3.33. The first-order valence-electron chi connectivity index (χ1n) is 9.39. The Morgan fingerprint density at radius 3 is 2.66 bits per heavy atom. The van der Waals surface area contributed by atoms with Crippen molar-refractivity contribution in [1.82, 2.24) is 30.9 Å². The van der Waals surface area contributed by atoms with Crippen LogP contribution in [0.3, 0.4) is 0 Å². The number of H-pyrrole nitrogens is 1. The summed E-state index contributed by atoms with van der Waals surface area (Å²) in [5, 5.41) is 8.36. The largest absolute Gasteiger partial charge is 0.354 e. The number of halogens is 1. The Morgan fingerprint density at radius 1 is 1.00 bits per heavy atom. The maximum atomic E-state index is 13.4. The number of nitrogens with one attached hydrogen (secondary N) is 4. The lowest BCUT2D eigenvalue weighted by Crippen LogP contribution is -2.36. The van der Waals surface area contributed by atoms with Gasteiger partial charge in [-0.1, -0.05) is 12.1 Å². The number of carbonyl (C=O) groups is 2. The van der Waals surface area contributed by atoms with Gasteiger partial charge in [-0.2, -0.15) is 0 Å². The van der Waals surface area contributed by atoms with Gasteiger partial charge in [-0.25, -0.2) is 9.37 Å². The molecule has 0 radical (unpaired) electrons. The van der Waals surface area contributed by atoms with Crippen LogP contribution in [0.1, 0.15) is 17.9 Å². The highest BCUT2D eigenvalue weighted by Gasteiger charge is 2.10. The minimum atomic E-state index is -0.494. The van der Waals surface area contributed by atoms with Gasteiger partial charge in [0.25, 0.3) is 0 Å². The number of fused-ring (bicyclic) bond motifs is 1. The van der Waals surface area contributed by atoms with Crippen molar-refractivity contribution in [2.75, 3.05) is 19.6 Å². The number of benzene rings is 1. The van der Waals surface area contributed by atoms with E-state index in [1.807, 2.05) is 24.3 Å². The average Bonchev–Trinajstić information content (AvgIpc) is 3.13. The zero-order valence-electron chi connectivity index (χ0n) is 15.9. The molecule has 1 aromatic carbocycles. The number of amides is 2. The zero-order chi connectivity index (χ0) is 20.5. The second kappa shape index (κ2) is 10.3. The molecule has 0 atom stereocenters. The van der Waals surface area contributed by atoms with Gasteiger partial charge in [-0.3, -0.25) is 14.6 Å². The van der Waals surface area contributed by atoms with Gasteiger partial charge in [0.05, 0.1) is 23.3 Å². The number of hydrogen-bond acceptors (Lipinski definition) is 5. The number of hydrogen-bond donors (Lipinski definition) is 4. The Kier molecular flexibility index (Phi) is 7.23. The summed E-state index contributed by atoms with van der Waals surface area (Å²) in [6, 6.07) is 10.6. The fourth-order valence-corrected chi connectivity index (χ4v) is 2.75. The van der Waals surface area contributed by atoms with Crippen molar-refractivity contribution < 1.29 is 14.0 Å². The SMILES string of the molecule is O=C(CC(=O)NCc1ncccc1F)NCCNCCc1nc2ccccc2[nH]1. The highest BCUT2D eigenvalue weighted by atomic mass is 19.1. The molecular weight excluding hydrogens is 375 g/mol. The number of aromatic nitrogens is 3. The molecule has 0 unspecified atom stereocenters. The first kappa shape index (κ1) is 20.4. The van der Waals surface area contributed by atoms with Crippen LogP contribution in [-0.2, 0) is 22.6 Å². The number of para-hydroxylation sites is 2. The van der Waals surface area contributed by atoms with E-state index < -0.39 is 11.7 Å². The topological polar surface area (TPSA) is 112 Å². The van der Waals surface area contributed by atoms with Crippen LogP contribution < -0.4 is 16.0 Å². The van der Waals surface area contributed by atoms with E-state index >= 15 is 0 Å². The van der Waals surface area contributed by atoms with Gasteiger partial charge in [0.2, 0.25) is 11.8 Å². The third-order valence-electron chi connectivity index (χ3n) is 4.21. The lowest BCUT2D eigenvalue weighted by atomic mass is 10.3. The summed E-state index contributed by atoms with van der Waals surface area (Å²) in [6.45, 7) is 1.64. The fourth-order valence-electron chi connectivity index (χ4n) is 2.75. The van der Waals surface area contributed by atoms with Crippen molar-refractivity contribution in [3.8, 4) is 0 Å². The van der Waals surface area contributed by atoms with Crippen molar-refractivity contribution in [1.29, 1.82) is 0 Å². The molecule has 0 aliphatic carbocycles. The number of imidazole rings is 1. The van der Waals surface area contributed by atoms with Crippen molar-refractivity contribution >= 4 is 22.8 Å². The first-order chi connectivity index (χ1) is 14.1. The minimum Gasteiger partial charge on any atom is -0.354 e. The molecule has 0 fully saturated rings. The van der Waals surface area contributed by atoms with E-state index in [4.69, 9.17) is 0 Å². The van der Waals surface area contributed by atoms with Gasteiger partial charge < -0.3 is 20.9 Å². The molecular formula is C20H23FN6O2. The summed E-state index contributed by atoms with van der Waals surface area (Å²) in [6.07, 6.45) is 1.88. The predicted molar refractivity (Wildman–Crippen MR) is 106 cm³/mol. The second-order valence-corrected chi connectivity index (χ2v) is 6.44. The summed E-state index contributed by atoms with van der Waals surface area (Å²) in [7, 11) is 0. The summed E-state index contributed by atoms with van der Waals surface area (Å²) in [5.41, 5.74) is 2.09. The van der Waals surface area contributed by atoms with Gasteiger partial charge in [0.15, 0.2) is 0 Å². The van der Waals surface area contributed by atoms with Crippen LogP contribution >= 0.6 is 0 Å². The molecule has 152 valence electrons. The maximum absolute atomic E-state index is 13.4. The lowest BCUT2D eigenvalue weighted by molar-refractivity contribution is -0.129. The van der Waals surface area contributed by atoms with E-state index in [0.717, 1.165) is 23.3 Å². The van der Waals surface area contributed by atoms with Crippen LogP contribution in [-0.4, -0.2) is 46.4 Å². The third kappa shape index (κ3) is 6.35. The van der Waals surface area contributed by atoms with Crippen molar-refractivity contribution in [3.63, 3.8) is 0 Å². The number of pyridine rings is 1. The molecule has 2 aromatic heterocycles. The van der Waals surface area contributed by atoms with Crippen molar-refractivity contribution in [2.24, 2.45) is 0 Å². The van der Waals surface area contributed by atoms with Gasteiger partial charge in [0, 0.05) is 32.3 Å². The van der Waals surface area contributed by atoms with Gasteiger partial charge in [-0.05, 0) is 24.3 Å². The molecule has 0 spiro atoms. The molecule has 8 nitrogen and oxygen atoms in total. The lowest BCUT2D eigenvalue weighted by Gasteiger charge is -2.07. The van der Waals surface area contributed by atoms with Crippen LogP contribution in [0.5, 0.6) is 0 Å². The molecule has 2 heterocycles. The molecule has 3 aromatic rings.